The lowest BCUT2D eigenvalue weighted by atomic mass is 10.1. The maximum absolute atomic E-state index is 13.1. The lowest BCUT2D eigenvalue weighted by Crippen LogP contribution is -2.25. The second-order valence-electron chi connectivity index (χ2n) is 7.48. The average molecular weight is 417 g/mol. The third kappa shape index (κ3) is 4.74. The van der Waals surface area contributed by atoms with Gasteiger partial charge in [-0.1, -0.05) is 29.8 Å². The van der Waals surface area contributed by atoms with Gasteiger partial charge in [0.1, 0.15) is 24.0 Å². The van der Waals surface area contributed by atoms with Gasteiger partial charge in [-0.05, 0) is 61.9 Å². The minimum absolute atomic E-state index is 0.258. The highest BCUT2D eigenvalue weighted by molar-refractivity contribution is 5.94. The Labute approximate surface area is 180 Å². The Bertz CT molecular complexity index is 1220. The highest BCUT2D eigenvalue weighted by Gasteiger charge is 2.13. The molecule has 1 N–H and O–H groups in total. The monoisotopic (exact) mass is 417 g/mol. The molecule has 4 aromatic rings. The van der Waals surface area contributed by atoms with Crippen molar-refractivity contribution in [3.63, 3.8) is 0 Å². The highest BCUT2D eigenvalue weighted by Crippen LogP contribution is 2.20. The summed E-state index contributed by atoms with van der Waals surface area (Å²) in [6.45, 7) is 5.42. The van der Waals surface area contributed by atoms with Gasteiger partial charge in [-0.25, -0.2) is 9.37 Å². The highest BCUT2D eigenvalue weighted by atomic mass is 19.1. The van der Waals surface area contributed by atoms with Crippen LogP contribution >= 0.6 is 0 Å². The molecule has 0 radical (unpaired) electrons. The second-order valence-corrected chi connectivity index (χ2v) is 7.48. The fourth-order valence-electron chi connectivity index (χ4n) is 3.58. The van der Waals surface area contributed by atoms with Crippen LogP contribution in [0, 0.1) is 19.7 Å². The maximum Gasteiger partial charge on any atom is 0.251 e. The first-order valence-corrected chi connectivity index (χ1v) is 10.2. The number of amides is 1. The zero-order chi connectivity index (χ0) is 21.8. The van der Waals surface area contributed by atoms with Crippen LogP contribution in [0.3, 0.4) is 0 Å². The van der Waals surface area contributed by atoms with Crippen molar-refractivity contribution < 1.29 is 13.9 Å². The number of hydrogen-bond acceptors (Lipinski definition) is 3. The van der Waals surface area contributed by atoms with E-state index in [1.54, 1.807) is 0 Å². The van der Waals surface area contributed by atoms with Gasteiger partial charge < -0.3 is 14.6 Å². The summed E-state index contributed by atoms with van der Waals surface area (Å²) < 4.78 is 21.2. The Balaban J connectivity index is 1.48. The largest absolute Gasteiger partial charge is 0.491 e. The fraction of sp³-hybridized carbons (Fsp3) is 0.200. The van der Waals surface area contributed by atoms with Gasteiger partial charge in [-0.15, -0.1) is 0 Å². The predicted molar refractivity (Wildman–Crippen MR) is 119 cm³/mol. The summed E-state index contributed by atoms with van der Waals surface area (Å²) in [6, 6.07) is 19.4. The Morgan fingerprint density at radius 1 is 1.06 bits per heavy atom. The van der Waals surface area contributed by atoms with Crippen molar-refractivity contribution in [1.29, 1.82) is 0 Å². The molecule has 0 aliphatic rings. The number of fused-ring (bicyclic) bond motifs is 1. The van der Waals surface area contributed by atoms with Crippen LogP contribution in [0.1, 0.15) is 27.3 Å². The van der Waals surface area contributed by atoms with Crippen LogP contribution < -0.4 is 10.1 Å². The second kappa shape index (κ2) is 9.00. The van der Waals surface area contributed by atoms with Crippen LogP contribution in [0.2, 0.25) is 0 Å². The smallest absolute Gasteiger partial charge is 0.251 e. The normalized spacial score (nSPS) is 10.9. The van der Waals surface area contributed by atoms with Crippen LogP contribution in [-0.4, -0.2) is 22.1 Å². The number of para-hydroxylation sites is 2. The summed E-state index contributed by atoms with van der Waals surface area (Å²) in [5.74, 6) is 0.953. The number of carbonyl (C=O) groups is 1. The number of aryl methyl sites for hydroxylation is 2. The molecule has 0 aliphatic carbocycles. The Hall–Kier alpha value is -3.67. The Morgan fingerprint density at radius 3 is 2.61 bits per heavy atom. The van der Waals surface area contributed by atoms with Crippen LogP contribution in [0.25, 0.3) is 11.0 Å². The number of halogens is 1. The van der Waals surface area contributed by atoms with Crippen LogP contribution in [0.15, 0.2) is 66.7 Å². The van der Waals surface area contributed by atoms with Crippen LogP contribution in [0.5, 0.6) is 5.75 Å². The zero-order valence-electron chi connectivity index (χ0n) is 17.6. The summed E-state index contributed by atoms with van der Waals surface area (Å²) in [7, 11) is 0. The summed E-state index contributed by atoms with van der Waals surface area (Å²) in [5.41, 5.74) is 4.55. The lowest BCUT2D eigenvalue weighted by Gasteiger charge is -2.13. The van der Waals surface area contributed by atoms with E-state index in [-0.39, 0.29) is 18.3 Å². The van der Waals surface area contributed by atoms with E-state index in [2.05, 4.69) is 27.9 Å². The van der Waals surface area contributed by atoms with Gasteiger partial charge in [0.2, 0.25) is 0 Å². The number of imidazole rings is 1. The molecule has 0 saturated heterocycles. The topological polar surface area (TPSA) is 56.1 Å². The molecule has 5 nitrogen and oxygen atoms in total. The molecule has 0 atom stereocenters. The fourth-order valence-corrected chi connectivity index (χ4v) is 3.58. The van der Waals surface area contributed by atoms with Gasteiger partial charge in [0, 0.05) is 5.56 Å². The third-order valence-electron chi connectivity index (χ3n) is 5.15. The molecule has 158 valence electrons. The standard InChI is InChI=1S/C25H24FN3O2/c1-17-7-12-23(18(2)15-17)31-14-13-29-22-6-4-3-5-21(22)28-24(29)16-27-25(30)19-8-10-20(26)11-9-19/h3-12,15H,13-14,16H2,1-2H3,(H,27,30). The van der Waals surface area contributed by atoms with E-state index in [1.165, 1.54) is 29.8 Å². The summed E-state index contributed by atoms with van der Waals surface area (Å²) in [5, 5.41) is 2.87. The third-order valence-corrected chi connectivity index (χ3v) is 5.15. The van der Waals surface area contributed by atoms with Crippen molar-refractivity contribution in [2.45, 2.75) is 26.9 Å². The molecule has 1 amide bonds. The number of nitrogens with zero attached hydrogens (tertiary/aromatic N) is 2. The molecule has 31 heavy (non-hydrogen) atoms. The van der Waals surface area contributed by atoms with E-state index >= 15 is 0 Å². The molecule has 0 bridgehead atoms. The van der Waals surface area contributed by atoms with Gasteiger partial charge >= 0.3 is 0 Å². The molecule has 0 saturated carbocycles. The maximum atomic E-state index is 13.1. The van der Waals surface area contributed by atoms with Gasteiger partial charge in [-0.3, -0.25) is 4.79 Å². The first-order chi connectivity index (χ1) is 15.0. The SMILES string of the molecule is Cc1ccc(OCCn2c(CNC(=O)c3ccc(F)cc3)nc3ccccc32)c(C)c1. The van der Waals surface area contributed by atoms with E-state index in [0.29, 0.717) is 18.7 Å². The van der Waals surface area contributed by atoms with Crippen LogP contribution in [0.4, 0.5) is 4.39 Å². The zero-order valence-corrected chi connectivity index (χ0v) is 17.6. The number of carbonyl (C=O) groups excluding carboxylic acids is 1. The van der Waals surface area contributed by atoms with Crippen molar-refractivity contribution in [1.82, 2.24) is 14.9 Å². The van der Waals surface area contributed by atoms with Crippen molar-refractivity contribution in [2.75, 3.05) is 6.61 Å². The molecule has 0 fully saturated rings. The van der Waals surface area contributed by atoms with Gasteiger partial charge in [-0.2, -0.15) is 0 Å². The van der Waals surface area contributed by atoms with Gasteiger partial charge in [0.25, 0.3) is 5.91 Å². The Morgan fingerprint density at radius 2 is 1.84 bits per heavy atom. The minimum atomic E-state index is -0.373. The predicted octanol–water partition coefficient (Wildman–Crippen LogP) is 4.80. The number of aromatic nitrogens is 2. The van der Waals surface area contributed by atoms with E-state index in [0.717, 1.165) is 28.2 Å². The van der Waals surface area contributed by atoms with Gasteiger partial charge in [0.05, 0.1) is 24.1 Å². The summed E-state index contributed by atoms with van der Waals surface area (Å²) in [6.07, 6.45) is 0. The molecule has 0 aliphatic heterocycles. The molecular formula is C25H24FN3O2. The van der Waals surface area contributed by atoms with Crippen molar-refractivity contribution in [3.8, 4) is 5.75 Å². The molecular weight excluding hydrogens is 393 g/mol. The summed E-state index contributed by atoms with van der Waals surface area (Å²) >= 11 is 0. The molecule has 1 heterocycles. The van der Waals surface area contributed by atoms with Crippen molar-refractivity contribution in [3.05, 3.63) is 95.1 Å². The average Bonchev–Trinajstić information content (AvgIpc) is 3.11. The number of benzene rings is 3. The molecule has 3 aromatic carbocycles. The number of rotatable bonds is 7. The Kier molecular flexibility index (Phi) is 5.98. The van der Waals surface area contributed by atoms with Crippen LogP contribution in [-0.2, 0) is 13.1 Å². The molecule has 0 unspecified atom stereocenters. The first kappa shape index (κ1) is 20.6. The lowest BCUT2D eigenvalue weighted by molar-refractivity contribution is 0.0949. The first-order valence-electron chi connectivity index (χ1n) is 10.2. The van der Waals surface area contributed by atoms with E-state index in [1.807, 2.05) is 43.3 Å². The molecule has 6 heteroatoms. The summed E-state index contributed by atoms with van der Waals surface area (Å²) in [4.78, 5) is 17.1. The number of hydrogen-bond donors (Lipinski definition) is 1. The molecule has 0 spiro atoms. The van der Waals surface area contributed by atoms with Crippen molar-refractivity contribution >= 4 is 16.9 Å². The number of nitrogens with one attached hydrogen (secondary N) is 1. The quantitative estimate of drug-likeness (QED) is 0.470. The molecule has 1 aromatic heterocycles. The van der Waals surface area contributed by atoms with Crippen molar-refractivity contribution in [2.24, 2.45) is 0 Å². The minimum Gasteiger partial charge on any atom is -0.491 e. The molecule has 4 rings (SSSR count). The van der Waals surface area contributed by atoms with E-state index < -0.39 is 0 Å². The van der Waals surface area contributed by atoms with Gasteiger partial charge in [0.15, 0.2) is 0 Å². The van der Waals surface area contributed by atoms with E-state index in [4.69, 9.17) is 4.74 Å². The number of ether oxygens (including phenoxy) is 1. The van der Waals surface area contributed by atoms with E-state index in [9.17, 15) is 9.18 Å².